The molecule has 1 aliphatic carbocycles. The summed E-state index contributed by atoms with van der Waals surface area (Å²) in [5.41, 5.74) is 2.20. The molecule has 1 saturated heterocycles. The summed E-state index contributed by atoms with van der Waals surface area (Å²) in [6.45, 7) is 7.42. The summed E-state index contributed by atoms with van der Waals surface area (Å²) in [7, 11) is -3.07. The topological polar surface area (TPSA) is 77.3 Å². The van der Waals surface area contributed by atoms with Crippen LogP contribution in [-0.2, 0) is 46.1 Å². The van der Waals surface area contributed by atoms with Crippen molar-refractivity contribution in [3.05, 3.63) is 33.3 Å². The molecule has 2 aliphatic heterocycles. The molecule has 2 atom stereocenters. The van der Waals surface area contributed by atoms with E-state index in [-0.39, 0.29) is 5.60 Å². The van der Waals surface area contributed by atoms with Gasteiger partial charge in [-0.3, -0.25) is 9.58 Å². The molecule has 0 aromatic carbocycles. The van der Waals surface area contributed by atoms with Gasteiger partial charge >= 0.3 is 0 Å². The molecule has 9 heteroatoms. The van der Waals surface area contributed by atoms with Crippen molar-refractivity contribution in [3.63, 3.8) is 0 Å². The van der Waals surface area contributed by atoms with E-state index in [9.17, 15) is 8.42 Å². The largest absolute Gasteiger partial charge is 0.370 e. The Hall–Kier alpha value is -1.29. The molecule has 2 aromatic heterocycles. The second kappa shape index (κ2) is 7.64. The van der Waals surface area contributed by atoms with E-state index in [0.29, 0.717) is 12.6 Å². The van der Waals surface area contributed by atoms with Gasteiger partial charge in [0.2, 0.25) is 0 Å². The van der Waals surface area contributed by atoms with Gasteiger partial charge in [0.15, 0.2) is 9.84 Å². The molecule has 7 nitrogen and oxygen atoms in total. The number of hydrogen-bond acceptors (Lipinski definition) is 7. The molecule has 2 fully saturated rings. The van der Waals surface area contributed by atoms with Crippen molar-refractivity contribution in [3.8, 4) is 0 Å². The third kappa shape index (κ3) is 3.87. The van der Waals surface area contributed by atoms with Crippen molar-refractivity contribution >= 4 is 21.2 Å². The number of sulfone groups is 1. The summed E-state index contributed by atoms with van der Waals surface area (Å²) in [4.78, 5) is 5.43. The van der Waals surface area contributed by atoms with Gasteiger partial charge < -0.3 is 4.74 Å². The van der Waals surface area contributed by atoms with Crippen molar-refractivity contribution in [1.82, 2.24) is 19.9 Å². The number of hydrogen-bond donors (Lipinski definition) is 0. The fraction of sp³-hybridized carbons (Fsp3) is 0.727. The number of ether oxygens (including phenoxy) is 1. The Morgan fingerprint density at radius 1 is 1.32 bits per heavy atom. The fourth-order valence-corrected chi connectivity index (χ4v) is 7.68. The second-order valence-electron chi connectivity index (χ2n) is 9.63. The summed E-state index contributed by atoms with van der Waals surface area (Å²) < 4.78 is 31.7. The van der Waals surface area contributed by atoms with Crippen molar-refractivity contribution in [1.29, 1.82) is 0 Å². The number of aromatic nitrogens is 3. The van der Waals surface area contributed by atoms with E-state index in [1.165, 1.54) is 21.6 Å². The summed E-state index contributed by atoms with van der Waals surface area (Å²) in [5.74, 6) is 0. The first-order valence-corrected chi connectivity index (χ1v) is 14.0. The molecule has 0 N–H and O–H groups in total. The smallest absolute Gasteiger partial charge is 0.154 e. The summed E-state index contributed by atoms with van der Waals surface area (Å²) >= 11 is 1.96. The zero-order chi connectivity index (χ0) is 21.9. The number of piperidine rings is 1. The van der Waals surface area contributed by atoms with Crippen LogP contribution in [0, 0.1) is 0 Å². The normalized spacial score (nSPS) is 28.0. The Morgan fingerprint density at radius 2 is 2.13 bits per heavy atom. The molecular weight excluding hydrogens is 432 g/mol. The summed E-state index contributed by atoms with van der Waals surface area (Å²) in [5, 5.41) is 8.56. The van der Waals surface area contributed by atoms with E-state index in [1.54, 1.807) is 4.68 Å². The second-order valence-corrected chi connectivity index (χ2v) is 13.3. The molecule has 5 rings (SSSR count). The molecule has 31 heavy (non-hydrogen) atoms. The highest BCUT2D eigenvalue weighted by Gasteiger charge is 2.52. The minimum absolute atomic E-state index is 0.140. The lowest BCUT2D eigenvalue weighted by atomic mass is 9.79. The van der Waals surface area contributed by atoms with Crippen LogP contribution in [0.15, 0.2) is 12.3 Å². The van der Waals surface area contributed by atoms with E-state index in [4.69, 9.17) is 4.74 Å². The molecule has 1 spiro atoms. The highest BCUT2D eigenvalue weighted by atomic mass is 32.2. The first-order chi connectivity index (χ1) is 14.7. The number of aryl methyl sites for hydroxylation is 1. The number of rotatable bonds is 6. The zero-order valence-electron chi connectivity index (χ0n) is 18.6. The van der Waals surface area contributed by atoms with Crippen LogP contribution in [0.2, 0.25) is 0 Å². The lowest BCUT2D eigenvalue weighted by Crippen LogP contribution is -2.50. The lowest BCUT2D eigenvalue weighted by Gasteiger charge is -2.47. The highest BCUT2D eigenvalue weighted by Crippen LogP contribution is 2.47. The maximum Gasteiger partial charge on any atom is 0.154 e. The fourth-order valence-electron chi connectivity index (χ4n) is 5.29. The Kier molecular flexibility index (Phi) is 5.31. The van der Waals surface area contributed by atoms with Crippen LogP contribution in [-0.4, -0.2) is 58.5 Å². The number of nitrogens with zero attached hydrogens (tertiary/aromatic N) is 4. The van der Waals surface area contributed by atoms with Crippen LogP contribution < -0.4 is 0 Å². The van der Waals surface area contributed by atoms with Gasteiger partial charge in [-0.15, -0.1) is 16.4 Å². The average Bonchev–Trinajstić information content (AvgIpc) is 3.18. The van der Waals surface area contributed by atoms with Crippen LogP contribution in [0.3, 0.4) is 0 Å². The van der Waals surface area contributed by atoms with E-state index in [1.807, 2.05) is 17.5 Å². The van der Waals surface area contributed by atoms with Crippen molar-refractivity contribution in [2.24, 2.45) is 0 Å². The lowest BCUT2D eigenvalue weighted by molar-refractivity contribution is -0.112. The van der Waals surface area contributed by atoms with Gasteiger partial charge in [0.25, 0.3) is 0 Å². The van der Waals surface area contributed by atoms with Crippen molar-refractivity contribution in [2.45, 2.75) is 81.9 Å². The zero-order valence-corrected chi connectivity index (χ0v) is 20.3. The van der Waals surface area contributed by atoms with Gasteiger partial charge in [-0.05, 0) is 50.7 Å². The molecule has 170 valence electrons. The van der Waals surface area contributed by atoms with E-state index in [2.05, 4.69) is 35.1 Å². The molecule has 0 radical (unpaired) electrons. The van der Waals surface area contributed by atoms with Crippen molar-refractivity contribution < 1.29 is 13.2 Å². The van der Waals surface area contributed by atoms with Gasteiger partial charge in [-0.25, -0.2) is 8.42 Å². The Balaban J connectivity index is 1.26. The van der Waals surface area contributed by atoms with Crippen LogP contribution in [0.1, 0.15) is 60.5 Å². The van der Waals surface area contributed by atoms with Crippen LogP contribution in [0.25, 0.3) is 0 Å². The molecule has 1 saturated carbocycles. The minimum Gasteiger partial charge on any atom is -0.370 e. The van der Waals surface area contributed by atoms with Gasteiger partial charge in [0, 0.05) is 47.8 Å². The molecule has 4 heterocycles. The van der Waals surface area contributed by atoms with E-state index >= 15 is 0 Å². The first kappa shape index (κ1) is 21.6. The highest BCUT2D eigenvalue weighted by molar-refractivity contribution is 7.92. The quantitative estimate of drug-likeness (QED) is 0.654. The maximum atomic E-state index is 12.1. The minimum atomic E-state index is -3.07. The van der Waals surface area contributed by atoms with Gasteiger partial charge in [0.1, 0.15) is 0 Å². The molecule has 0 unspecified atom stereocenters. The third-order valence-electron chi connectivity index (χ3n) is 7.45. The third-order valence-corrected chi connectivity index (χ3v) is 10.9. The molecule has 0 amide bonds. The van der Waals surface area contributed by atoms with E-state index < -0.39 is 14.6 Å². The predicted octanol–water partition coefficient (Wildman–Crippen LogP) is 2.93. The predicted molar refractivity (Wildman–Crippen MR) is 121 cm³/mol. The van der Waals surface area contributed by atoms with Gasteiger partial charge in [0.05, 0.1) is 29.2 Å². The van der Waals surface area contributed by atoms with Crippen LogP contribution in [0.5, 0.6) is 0 Å². The molecule has 0 bridgehead atoms. The maximum absolute atomic E-state index is 12.1. The monoisotopic (exact) mass is 464 g/mol. The Bertz CT molecular complexity index is 1070. The van der Waals surface area contributed by atoms with Gasteiger partial charge in [-0.2, -0.15) is 0 Å². The summed E-state index contributed by atoms with van der Waals surface area (Å²) in [6.07, 6.45) is 8.81. The first-order valence-electron chi connectivity index (χ1n) is 11.3. The van der Waals surface area contributed by atoms with E-state index in [0.717, 1.165) is 63.9 Å². The Labute approximate surface area is 188 Å². The number of thiophene rings is 1. The standard InChI is InChI=1S/C22H32N4O3S2/c1-4-18-11-19-20(30-18)5-10-29-22(19)8-9-25(16(2)12-22)13-17-14-26(24-23-17)15-21(6-7-21)31(3,27)28/h11,14,16H,4-10,12-13,15H2,1-3H3/t16-,22+/m0/s1. The van der Waals surface area contributed by atoms with Crippen LogP contribution in [0.4, 0.5) is 0 Å². The van der Waals surface area contributed by atoms with Crippen molar-refractivity contribution in [2.75, 3.05) is 19.4 Å². The van der Waals surface area contributed by atoms with Gasteiger partial charge in [-0.1, -0.05) is 12.1 Å². The number of fused-ring (bicyclic) bond motifs is 2. The number of likely N-dealkylation sites (tertiary alicyclic amines) is 1. The van der Waals surface area contributed by atoms with Crippen LogP contribution >= 0.6 is 11.3 Å². The summed E-state index contributed by atoms with van der Waals surface area (Å²) in [6, 6.07) is 2.77. The molecule has 2 aromatic rings. The Morgan fingerprint density at radius 3 is 2.81 bits per heavy atom. The SMILES string of the molecule is CCc1cc2c(s1)CCO[C@@]21CCN(Cc2cn(CC3(S(C)(=O)=O)CC3)nn2)[C@@H](C)C1. The molecule has 3 aliphatic rings. The average molecular weight is 465 g/mol. The molecular formula is C22H32N4O3S2.